The first-order valence-corrected chi connectivity index (χ1v) is 8.41. The lowest BCUT2D eigenvalue weighted by molar-refractivity contribution is 0.548. The van der Waals surface area contributed by atoms with E-state index in [4.69, 9.17) is 5.84 Å². The molecule has 1 aromatic carbocycles. The molecule has 0 radical (unpaired) electrons. The molecule has 1 heterocycles. The van der Waals surface area contributed by atoms with Crippen LogP contribution >= 0.6 is 39.0 Å². The van der Waals surface area contributed by atoms with Gasteiger partial charge in [-0.15, -0.1) is 23.1 Å². The van der Waals surface area contributed by atoms with Crippen molar-refractivity contribution in [3.8, 4) is 0 Å². The van der Waals surface area contributed by atoms with Gasteiger partial charge in [0, 0.05) is 16.2 Å². The summed E-state index contributed by atoms with van der Waals surface area (Å²) in [6.07, 6.45) is 3.00. The quantitative estimate of drug-likeness (QED) is 0.490. The average Bonchev–Trinajstić information content (AvgIpc) is 2.81. The van der Waals surface area contributed by atoms with Crippen LogP contribution in [0, 0.1) is 0 Å². The smallest absolute Gasteiger partial charge is 0.0701 e. The predicted octanol–water partition coefficient (Wildman–Crippen LogP) is 3.98. The van der Waals surface area contributed by atoms with E-state index in [1.54, 1.807) is 23.1 Å². The van der Waals surface area contributed by atoms with Crippen molar-refractivity contribution in [2.24, 2.45) is 5.84 Å². The van der Waals surface area contributed by atoms with E-state index >= 15 is 0 Å². The van der Waals surface area contributed by atoms with Gasteiger partial charge in [0.05, 0.1) is 9.83 Å². The van der Waals surface area contributed by atoms with Gasteiger partial charge in [0.2, 0.25) is 0 Å². The highest BCUT2D eigenvalue weighted by Crippen LogP contribution is 2.30. The molecule has 0 aliphatic heterocycles. The fourth-order valence-electron chi connectivity index (χ4n) is 1.88. The molecule has 96 valence electrons. The molecule has 0 fully saturated rings. The molecular weight excluding hydrogens is 328 g/mol. The number of hydrazine groups is 1. The van der Waals surface area contributed by atoms with Gasteiger partial charge in [0.25, 0.3) is 0 Å². The van der Waals surface area contributed by atoms with Crippen LogP contribution < -0.4 is 11.3 Å². The Labute approximate surface area is 124 Å². The summed E-state index contributed by atoms with van der Waals surface area (Å²) in [5.41, 5.74) is 4.19. The average molecular weight is 343 g/mol. The van der Waals surface area contributed by atoms with Gasteiger partial charge in [-0.25, -0.2) is 0 Å². The molecule has 2 nitrogen and oxygen atoms in total. The second kappa shape index (κ2) is 6.73. The summed E-state index contributed by atoms with van der Waals surface area (Å²) in [5, 5.41) is 0. The molecule has 5 heteroatoms. The molecule has 3 N–H and O–H groups in total. The zero-order valence-electron chi connectivity index (χ0n) is 10.0. The summed E-state index contributed by atoms with van der Waals surface area (Å²) in [6, 6.07) is 12.8. The first-order chi connectivity index (χ1) is 8.74. The first kappa shape index (κ1) is 14.1. The topological polar surface area (TPSA) is 38.0 Å². The molecule has 1 atom stereocenters. The molecule has 0 amide bonds. The molecule has 0 saturated carbocycles. The summed E-state index contributed by atoms with van der Waals surface area (Å²) < 4.78 is 1.16. The molecule has 18 heavy (non-hydrogen) atoms. The van der Waals surface area contributed by atoms with E-state index in [0.717, 1.165) is 10.2 Å². The minimum atomic E-state index is 0.152. The van der Waals surface area contributed by atoms with Crippen LogP contribution in [-0.4, -0.2) is 6.26 Å². The van der Waals surface area contributed by atoms with Gasteiger partial charge >= 0.3 is 0 Å². The maximum absolute atomic E-state index is 5.72. The summed E-state index contributed by atoms with van der Waals surface area (Å²) in [6.45, 7) is 0. The number of thiophene rings is 1. The highest BCUT2D eigenvalue weighted by atomic mass is 79.9. The molecule has 0 spiro atoms. The van der Waals surface area contributed by atoms with Crippen molar-refractivity contribution in [2.75, 3.05) is 6.26 Å². The Balaban J connectivity index is 2.22. The van der Waals surface area contributed by atoms with E-state index in [-0.39, 0.29) is 6.04 Å². The van der Waals surface area contributed by atoms with Gasteiger partial charge in [0.15, 0.2) is 0 Å². The standard InChI is InChI=1S/C13H15BrN2S2/c1-17-12-5-3-2-4-10(12)11(16-15)8-9-6-7-13(14)18-9/h2-7,11,16H,8,15H2,1H3. The fourth-order valence-corrected chi connectivity index (χ4v) is 4.06. The number of halogens is 1. The minimum absolute atomic E-state index is 0.152. The third kappa shape index (κ3) is 3.36. The number of rotatable bonds is 5. The highest BCUT2D eigenvalue weighted by molar-refractivity contribution is 9.11. The molecule has 0 aliphatic carbocycles. The van der Waals surface area contributed by atoms with Crippen LogP contribution in [-0.2, 0) is 6.42 Å². The van der Waals surface area contributed by atoms with Crippen LogP contribution in [0.5, 0.6) is 0 Å². The summed E-state index contributed by atoms with van der Waals surface area (Å²) in [7, 11) is 0. The van der Waals surface area contributed by atoms with Crippen LogP contribution in [0.3, 0.4) is 0 Å². The largest absolute Gasteiger partial charge is 0.271 e. The Morgan fingerprint density at radius 2 is 2.11 bits per heavy atom. The van der Waals surface area contributed by atoms with E-state index in [1.165, 1.54) is 15.3 Å². The normalized spacial score (nSPS) is 12.6. The van der Waals surface area contributed by atoms with Crippen molar-refractivity contribution in [3.63, 3.8) is 0 Å². The number of hydrogen-bond acceptors (Lipinski definition) is 4. The summed E-state index contributed by atoms with van der Waals surface area (Å²) in [5.74, 6) is 5.72. The van der Waals surface area contributed by atoms with E-state index in [2.05, 4.69) is 64.0 Å². The van der Waals surface area contributed by atoms with Crippen LogP contribution in [0.4, 0.5) is 0 Å². The van der Waals surface area contributed by atoms with Crippen LogP contribution in [0.2, 0.25) is 0 Å². The van der Waals surface area contributed by atoms with Gasteiger partial charge < -0.3 is 0 Å². The molecule has 2 rings (SSSR count). The Morgan fingerprint density at radius 3 is 2.72 bits per heavy atom. The lowest BCUT2D eigenvalue weighted by atomic mass is 10.0. The van der Waals surface area contributed by atoms with Crippen molar-refractivity contribution in [1.82, 2.24) is 5.43 Å². The van der Waals surface area contributed by atoms with Gasteiger partial charge in [-0.2, -0.15) is 0 Å². The molecule has 0 bridgehead atoms. The Bertz CT molecular complexity index is 513. The van der Waals surface area contributed by atoms with Gasteiger partial charge in [-0.3, -0.25) is 11.3 Å². The molecular formula is C13H15BrN2S2. The van der Waals surface area contributed by atoms with Gasteiger partial charge in [0.1, 0.15) is 0 Å². The third-order valence-corrected chi connectivity index (χ3v) is 5.21. The number of nitrogens with two attached hydrogens (primary N) is 1. The minimum Gasteiger partial charge on any atom is -0.271 e. The number of benzene rings is 1. The predicted molar refractivity (Wildman–Crippen MR) is 84.0 cm³/mol. The molecule has 2 aromatic rings. The van der Waals surface area contributed by atoms with Crippen LogP contribution in [0.1, 0.15) is 16.5 Å². The Hall–Kier alpha value is -0.330. The third-order valence-electron chi connectivity index (χ3n) is 2.75. The second-order valence-corrected chi connectivity index (χ2v) is 7.27. The van der Waals surface area contributed by atoms with Crippen molar-refractivity contribution in [2.45, 2.75) is 17.4 Å². The molecule has 1 aromatic heterocycles. The molecule has 1 unspecified atom stereocenters. The van der Waals surface area contributed by atoms with E-state index < -0.39 is 0 Å². The SMILES string of the molecule is CSc1ccccc1C(Cc1ccc(Br)s1)NN. The molecule has 0 aliphatic rings. The summed E-state index contributed by atoms with van der Waals surface area (Å²) in [4.78, 5) is 2.59. The first-order valence-electron chi connectivity index (χ1n) is 5.58. The fraction of sp³-hybridized carbons (Fsp3) is 0.231. The number of thioether (sulfide) groups is 1. The number of nitrogens with one attached hydrogen (secondary N) is 1. The van der Waals surface area contributed by atoms with E-state index in [0.29, 0.717) is 0 Å². The van der Waals surface area contributed by atoms with E-state index in [1.807, 2.05) is 0 Å². The van der Waals surface area contributed by atoms with Gasteiger partial charge in [-0.05, 0) is 45.9 Å². The van der Waals surface area contributed by atoms with Crippen LogP contribution in [0.25, 0.3) is 0 Å². The summed E-state index contributed by atoms with van der Waals surface area (Å²) >= 11 is 7.00. The second-order valence-electron chi connectivity index (χ2n) is 3.87. The monoisotopic (exact) mass is 342 g/mol. The lowest BCUT2D eigenvalue weighted by Gasteiger charge is -2.18. The highest BCUT2D eigenvalue weighted by Gasteiger charge is 2.14. The maximum Gasteiger partial charge on any atom is 0.0701 e. The van der Waals surface area contributed by atoms with Gasteiger partial charge in [-0.1, -0.05) is 18.2 Å². The zero-order chi connectivity index (χ0) is 13.0. The Kier molecular flexibility index (Phi) is 5.26. The lowest BCUT2D eigenvalue weighted by Crippen LogP contribution is -2.29. The van der Waals surface area contributed by atoms with E-state index in [9.17, 15) is 0 Å². The van der Waals surface area contributed by atoms with Crippen molar-refractivity contribution in [1.29, 1.82) is 0 Å². The van der Waals surface area contributed by atoms with Crippen molar-refractivity contribution < 1.29 is 0 Å². The van der Waals surface area contributed by atoms with Crippen molar-refractivity contribution in [3.05, 3.63) is 50.6 Å². The van der Waals surface area contributed by atoms with Crippen LogP contribution in [0.15, 0.2) is 45.1 Å². The van der Waals surface area contributed by atoms with Crippen molar-refractivity contribution >= 4 is 39.0 Å². The molecule has 0 saturated heterocycles. The maximum atomic E-state index is 5.72. The Morgan fingerprint density at radius 1 is 1.33 bits per heavy atom. The number of hydrogen-bond donors (Lipinski definition) is 2. The zero-order valence-corrected chi connectivity index (χ0v) is 13.2.